The first-order valence-corrected chi connectivity index (χ1v) is 6.78. The van der Waals surface area contributed by atoms with Gasteiger partial charge in [-0.1, -0.05) is 12.1 Å². The zero-order chi connectivity index (χ0) is 13.8. The Hall–Kier alpha value is -0.980. The summed E-state index contributed by atoms with van der Waals surface area (Å²) in [5.41, 5.74) is 8.34. The molecule has 0 atom stereocenters. The first-order chi connectivity index (χ1) is 9.11. The molecule has 1 fully saturated rings. The molecule has 2 rings (SSSR count). The Morgan fingerprint density at radius 3 is 2.75 bits per heavy atom. The van der Waals surface area contributed by atoms with Crippen molar-refractivity contribution in [3.63, 3.8) is 0 Å². The molecular weight excluding hydrogens is 365 g/mol. The molecule has 0 bridgehead atoms. The fraction of sp³-hybridized carbons (Fsp3) is 0.533. The Labute approximate surface area is 138 Å². The summed E-state index contributed by atoms with van der Waals surface area (Å²) in [6.45, 7) is 2.76. The molecule has 0 amide bonds. The van der Waals surface area contributed by atoms with Crippen LogP contribution in [0.15, 0.2) is 23.2 Å². The van der Waals surface area contributed by atoms with Gasteiger partial charge in [0.1, 0.15) is 5.75 Å². The molecule has 5 heteroatoms. The lowest BCUT2D eigenvalue weighted by atomic mass is 10.1. The average molecular weight is 389 g/mol. The maximum absolute atomic E-state index is 5.95. The summed E-state index contributed by atoms with van der Waals surface area (Å²) in [6.07, 6.45) is 3.36. The molecule has 4 nitrogen and oxygen atoms in total. The molecule has 0 aliphatic heterocycles. The van der Waals surface area contributed by atoms with Crippen molar-refractivity contribution in [1.29, 1.82) is 0 Å². The number of hydrogen-bond acceptors (Lipinski definition) is 2. The van der Waals surface area contributed by atoms with Crippen LogP contribution in [-0.4, -0.2) is 37.6 Å². The number of rotatable bonds is 5. The number of halogens is 1. The van der Waals surface area contributed by atoms with Gasteiger partial charge in [0, 0.05) is 19.6 Å². The first kappa shape index (κ1) is 17.1. The third-order valence-electron chi connectivity index (χ3n) is 3.60. The largest absolute Gasteiger partial charge is 0.496 e. The highest BCUT2D eigenvalue weighted by molar-refractivity contribution is 14.0. The summed E-state index contributed by atoms with van der Waals surface area (Å²) in [7, 11) is 3.72. The van der Waals surface area contributed by atoms with E-state index >= 15 is 0 Å². The molecule has 2 N–H and O–H groups in total. The summed E-state index contributed by atoms with van der Waals surface area (Å²) < 4.78 is 5.32. The van der Waals surface area contributed by atoms with Gasteiger partial charge in [-0.15, -0.1) is 24.0 Å². The number of ether oxygens (including phenoxy) is 1. The molecule has 112 valence electrons. The molecule has 0 heterocycles. The van der Waals surface area contributed by atoms with Crippen molar-refractivity contribution in [2.24, 2.45) is 10.7 Å². The number of hydrogen-bond donors (Lipinski definition) is 1. The zero-order valence-electron chi connectivity index (χ0n) is 12.4. The Morgan fingerprint density at radius 2 is 2.15 bits per heavy atom. The first-order valence-electron chi connectivity index (χ1n) is 6.78. The van der Waals surface area contributed by atoms with Crippen LogP contribution < -0.4 is 10.5 Å². The normalized spacial score (nSPS) is 14.7. The van der Waals surface area contributed by atoms with E-state index in [2.05, 4.69) is 28.1 Å². The fourth-order valence-corrected chi connectivity index (χ4v) is 2.08. The summed E-state index contributed by atoms with van der Waals surface area (Å²) in [5.74, 6) is 1.59. The number of nitrogens with zero attached hydrogens (tertiary/aromatic N) is 2. The van der Waals surface area contributed by atoms with Crippen molar-refractivity contribution >= 4 is 29.9 Å². The van der Waals surface area contributed by atoms with E-state index in [1.807, 2.05) is 14.0 Å². The maximum atomic E-state index is 5.95. The van der Waals surface area contributed by atoms with Crippen molar-refractivity contribution in [2.45, 2.75) is 32.2 Å². The van der Waals surface area contributed by atoms with Crippen LogP contribution >= 0.6 is 24.0 Å². The monoisotopic (exact) mass is 389 g/mol. The van der Waals surface area contributed by atoms with Crippen molar-refractivity contribution in [3.8, 4) is 5.75 Å². The van der Waals surface area contributed by atoms with Crippen LogP contribution in [0.25, 0.3) is 0 Å². The fourth-order valence-electron chi connectivity index (χ4n) is 2.08. The van der Waals surface area contributed by atoms with Gasteiger partial charge in [-0.3, -0.25) is 4.99 Å². The highest BCUT2D eigenvalue weighted by Gasteiger charge is 2.27. The topological polar surface area (TPSA) is 50.9 Å². The molecule has 0 spiro atoms. The summed E-state index contributed by atoms with van der Waals surface area (Å²) in [6, 6.07) is 6.89. The summed E-state index contributed by atoms with van der Waals surface area (Å²) in [4.78, 5) is 6.52. The Bertz CT molecular complexity index is 472. The minimum absolute atomic E-state index is 0. The van der Waals surface area contributed by atoms with Crippen LogP contribution in [0, 0.1) is 6.92 Å². The van der Waals surface area contributed by atoms with Gasteiger partial charge in [0.25, 0.3) is 0 Å². The van der Waals surface area contributed by atoms with E-state index in [9.17, 15) is 0 Å². The highest BCUT2D eigenvalue weighted by atomic mass is 127. The van der Waals surface area contributed by atoms with E-state index in [1.165, 1.54) is 18.4 Å². The maximum Gasteiger partial charge on any atom is 0.191 e. The summed E-state index contributed by atoms with van der Waals surface area (Å²) >= 11 is 0. The average Bonchev–Trinajstić information content (AvgIpc) is 3.24. The number of methoxy groups -OCH3 is 1. The number of nitrogens with two attached hydrogens (primary N) is 1. The van der Waals surface area contributed by atoms with E-state index < -0.39 is 0 Å². The molecule has 1 aromatic rings. The molecule has 1 aliphatic carbocycles. The van der Waals surface area contributed by atoms with Gasteiger partial charge >= 0.3 is 0 Å². The van der Waals surface area contributed by atoms with Gasteiger partial charge in [0.2, 0.25) is 0 Å². The molecule has 0 saturated heterocycles. The SMILES string of the molecule is COc1cc(CCN=C(N)N(C)C2CC2)ccc1C.I. The van der Waals surface area contributed by atoms with Crippen LogP contribution in [-0.2, 0) is 6.42 Å². The lowest BCUT2D eigenvalue weighted by molar-refractivity contribution is 0.411. The molecule has 0 unspecified atom stereocenters. The second kappa shape index (κ2) is 7.71. The lowest BCUT2D eigenvalue weighted by Crippen LogP contribution is -2.35. The van der Waals surface area contributed by atoms with Crippen LogP contribution in [0.5, 0.6) is 5.75 Å². The van der Waals surface area contributed by atoms with Crippen LogP contribution in [0.3, 0.4) is 0 Å². The third-order valence-corrected chi connectivity index (χ3v) is 3.60. The second-order valence-corrected chi connectivity index (χ2v) is 5.14. The molecule has 0 radical (unpaired) electrons. The van der Waals surface area contributed by atoms with Gasteiger partial charge in [-0.05, 0) is 43.4 Å². The minimum Gasteiger partial charge on any atom is -0.496 e. The predicted molar refractivity (Wildman–Crippen MR) is 94.1 cm³/mol. The van der Waals surface area contributed by atoms with Gasteiger partial charge < -0.3 is 15.4 Å². The molecule has 20 heavy (non-hydrogen) atoms. The van der Waals surface area contributed by atoms with E-state index in [0.29, 0.717) is 12.0 Å². The minimum atomic E-state index is 0. The van der Waals surface area contributed by atoms with E-state index in [4.69, 9.17) is 10.5 Å². The van der Waals surface area contributed by atoms with Crippen molar-refractivity contribution in [2.75, 3.05) is 20.7 Å². The van der Waals surface area contributed by atoms with E-state index in [-0.39, 0.29) is 24.0 Å². The quantitative estimate of drug-likeness (QED) is 0.479. The molecule has 1 saturated carbocycles. The Morgan fingerprint density at radius 1 is 1.45 bits per heavy atom. The zero-order valence-corrected chi connectivity index (χ0v) is 14.8. The smallest absolute Gasteiger partial charge is 0.191 e. The number of aryl methyl sites for hydroxylation is 1. The van der Waals surface area contributed by atoms with Crippen molar-refractivity contribution < 1.29 is 4.74 Å². The molecule has 1 aromatic carbocycles. The summed E-state index contributed by atoms with van der Waals surface area (Å²) in [5, 5.41) is 0. The molecule has 1 aliphatic rings. The third kappa shape index (κ3) is 4.54. The highest BCUT2D eigenvalue weighted by Crippen LogP contribution is 2.25. The molecular formula is C15H24IN3O. The Balaban J connectivity index is 0.00000200. The van der Waals surface area contributed by atoms with Crippen LogP contribution in [0.1, 0.15) is 24.0 Å². The number of guanidine groups is 1. The Kier molecular flexibility index (Phi) is 6.58. The van der Waals surface area contributed by atoms with Gasteiger partial charge in [-0.25, -0.2) is 0 Å². The van der Waals surface area contributed by atoms with Gasteiger partial charge in [0.05, 0.1) is 7.11 Å². The van der Waals surface area contributed by atoms with E-state index in [1.54, 1.807) is 7.11 Å². The van der Waals surface area contributed by atoms with Gasteiger partial charge in [-0.2, -0.15) is 0 Å². The van der Waals surface area contributed by atoms with Crippen LogP contribution in [0.4, 0.5) is 0 Å². The van der Waals surface area contributed by atoms with Gasteiger partial charge in [0.15, 0.2) is 5.96 Å². The van der Waals surface area contributed by atoms with Crippen molar-refractivity contribution in [3.05, 3.63) is 29.3 Å². The predicted octanol–water partition coefficient (Wildman–Crippen LogP) is 2.57. The lowest BCUT2D eigenvalue weighted by Gasteiger charge is -2.16. The van der Waals surface area contributed by atoms with E-state index in [0.717, 1.165) is 24.3 Å². The second-order valence-electron chi connectivity index (χ2n) is 5.14. The number of benzene rings is 1. The van der Waals surface area contributed by atoms with Crippen LogP contribution in [0.2, 0.25) is 0 Å². The number of aliphatic imine (C=N–C) groups is 1. The van der Waals surface area contributed by atoms with Crippen molar-refractivity contribution in [1.82, 2.24) is 4.90 Å². The molecule has 0 aromatic heterocycles. The standard InChI is InChI=1S/C15H23N3O.HI/c1-11-4-5-12(10-14(11)19-3)8-9-17-15(16)18(2)13-6-7-13;/h4-5,10,13H,6-9H2,1-3H3,(H2,16,17);1H.